The molecule has 3 aliphatic rings. The first-order valence-corrected chi connectivity index (χ1v) is 12.7. The Balaban J connectivity index is 1.66. The molecule has 0 unspecified atom stereocenters. The fourth-order valence-electron chi connectivity index (χ4n) is 6.87. The van der Waals surface area contributed by atoms with Gasteiger partial charge in [-0.3, -0.25) is 9.35 Å². The summed E-state index contributed by atoms with van der Waals surface area (Å²) in [5.74, 6) is 0.903. The number of hydrogen-bond acceptors (Lipinski definition) is 4. The molecule has 4 rings (SSSR count). The van der Waals surface area contributed by atoms with Crippen LogP contribution in [0.15, 0.2) is 18.2 Å². The predicted octanol–water partition coefficient (Wildman–Crippen LogP) is 4.23. The van der Waals surface area contributed by atoms with Gasteiger partial charge in [0.1, 0.15) is 0 Å². The Morgan fingerprint density at radius 1 is 1.20 bits per heavy atom. The Labute approximate surface area is 179 Å². The highest BCUT2D eigenvalue weighted by molar-refractivity contribution is 7.88. The topological polar surface area (TPSA) is 94.9 Å². The highest BCUT2D eigenvalue weighted by Crippen LogP contribution is 2.62. The van der Waals surface area contributed by atoms with Crippen molar-refractivity contribution < 1.29 is 22.9 Å². The molecule has 2 N–H and O–H groups in total. The van der Waals surface area contributed by atoms with Crippen molar-refractivity contribution in [3.8, 4) is 0 Å². The van der Waals surface area contributed by atoms with E-state index < -0.39 is 16.2 Å². The van der Waals surface area contributed by atoms with Crippen LogP contribution in [0.3, 0.4) is 0 Å². The lowest BCUT2D eigenvalue weighted by molar-refractivity contribution is -0.117. The van der Waals surface area contributed by atoms with E-state index in [2.05, 4.69) is 6.92 Å². The number of carbonyl (C=O) groups excluding carboxylic acids is 1. The van der Waals surface area contributed by atoms with Gasteiger partial charge in [0.05, 0.1) is 11.8 Å². The van der Waals surface area contributed by atoms with E-state index in [1.165, 1.54) is 5.56 Å². The van der Waals surface area contributed by atoms with E-state index in [1.54, 1.807) is 19.1 Å². The molecule has 30 heavy (non-hydrogen) atoms. The Morgan fingerprint density at radius 3 is 2.63 bits per heavy atom. The van der Waals surface area contributed by atoms with Gasteiger partial charge in [-0.2, -0.15) is 12.7 Å². The maximum atomic E-state index is 12.4. The van der Waals surface area contributed by atoms with Crippen LogP contribution < -0.4 is 4.31 Å². The smallest absolute Gasteiger partial charge is 0.366 e. The molecule has 0 heterocycles. The van der Waals surface area contributed by atoms with Gasteiger partial charge in [-0.15, -0.1) is 0 Å². The van der Waals surface area contributed by atoms with E-state index in [0.717, 1.165) is 50.5 Å². The van der Waals surface area contributed by atoms with E-state index in [-0.39, 0.29) is 23.6 Å². The van der Waals surface area contributed by atoms with Crippen LogP contribution in [-0.2, 0) is 21.5 Å². The van der Waals surface area contributed by atoms with Gasteiger partial charge in [-0.25, -0.2) is 0 Å². The lowest BCUT2D eigenvalue weighted by atomic mass is 9.54. The number of aryl methyl sites for hydroxylation is 1. The average Bonchev–Trinajstić information content (AvgIpc) is 3.04. The molecule has 5 atom stereocenters. The van der Waals surface area contributed by atoms with E-state index >= 15 is 0 Å². The maximum absolute atomic E-state index is 12.4. The molecular formula is C23H33NO5S. The SMILES string of the molecule is CCCC(=O)N(c1ccc2c(c1)CC[C@@H]1[C@@H]2CC[C@]2(CC)[C@H](O)CC[C@@H]12)S(=O)(=O)O. The number of aliphatic hydroxyl groups excluding tert-OH is 1. The largest absolute Gasteiger partial charge is 0.393 e. The van der Waals surface area contributed by atoms with Gasteiger partial charge in [-0.05, 0) is 97.8 Å². The van der Waals surface area contributed by atoms with Crippen LogP contribution in [0.2, 0.25) is 0 Å². The quantitative estimate of drug-likeness (QED) is 0.675. The minimum atomic E-state index is -4.66. The Bertz CT molecular complexity index is 930. The van der Waals surface area contributed by atoms with Crippen LogP contribution in [0.25, 0.3) is 0 Å². The summed E-state index contributed by atoms with van der Waals surface area (Å²) >= 11 is 0. The number of rotatable bonds is 5. The Hall–Kier alpha value is -1.44. The zero-order valence-corrected chi connectivity index (χ0v) is 18.7. The zero-order chi connectivity index (χ0) is 21.7. The van der Waals surface area contributed by atoms with Crippen molar-refractivity contribution in [2.45, 2.75) is 83.7 Å². The van der Waals surface area contributed by atoms with Crippen molar-refractivity contribution in [2.75, 3.05) is 4.31 Å². The number of carbonyl (C=O) groups is 1. The number of hydrogen-bond donors (Lipinski definition) is 2. The summed E-state index contributed by atoms with van der Waals surface area (Å²) in [4.78, 5) is 12.4. The number of benzene rings is 1. The van der Waals surface area contributed by atoms with Gasteiger partial charge >= 0.3 is 10.3 Å². The number of anilines is 1. The standard InChI is InChI=1S/C23H33NO5S/c1-3-5-22(26)24(30(27,28)29)16-7-9-17-15(14-16)6-8-19-18(17)12-13-23(4-2)20(19)10-11-21(23)25/h7,9,14,18-21,25H,3-6,8,10-13H2,1-2H3,(H,27,28,29)/t18-,19-,20+,21-,23+/m1/s1. The molecule has 1 aromatic rings. The van der Waals surface area contributed by atoms with Crippen LogP contribution >= 0.6 is 0 Å². The average molecular weight is 436 g/mol. The minimum absolute atomic E-state index is 0.0602. The van der Waals surface area contributed by atoms with Crippen molar-refractivity contribution in [2.24, 2.45) is 17.3 Å². The lowest BCUT2D eigenvalue weighted by Crippen LogP contribution is -2.45. The van der Waals surface area contributed by atoms with Gasteiger partial charge in [0.2, 0.25) is 5.91 Å². The van der Waals surface area contributed by atoms with Crippen LogP contribution in [0.1, 0.15) is 82.3 Å². The van der Waals surface area contributed by atoms with Crippen molar-refractivity contribution in [1.29, 1.82) is 0 Å². The Morgan fingerprint density at radius 2 is 1.97 bits per heavy atom. The summed E-state index contributed by atoms with van der Waals surface area (Å²) in [7, 11) is -4.66. The fourth-order valence-corrected chi connectivity index (χ4v) is 7.60. The summed E-state index contributed by atoms with van der Waals surface area (Å²) in [6.07, 6.45) is 7.31. The third-order valence-electron chi connectivity index (χ3n) is 8.19. The van der Waals surface area contributed by atoms with Gasteiger partial charge in [0.15, 0.2) is 0 Å². The predicted molar refractivity (Wildman–Crippen MR) is 116 cm³/mol. The third-order valence-corrected chi connectivity index (χ3v) is 9.07. The number of aliphatic hydroxyl groups is 1. The first-order chi connectivity index (χ1) is 14.2. The van der Waals surface area contributed by atoms with Crippen molar-refractivity contribution in [1.82, 2.24) is 0 Å². The van der Waals surface area contributed by atoms with Crippen molar-refractivity contribution in [3.05, 3.63) is 29.3 Å². The molecule has 1 amide bonds. The van der Waals surface area contributed by atoms with Crippen LogP contribution in [-0.4, -0.2) is 30.1 Å². The molecule has 2 fully saturated rings. The second-order valence-electron chi connectivity index (χ2n) is 9.40. The Kier molecular flexibility index (Phi) is 5.75. The van der Waals surface area contributed by atoms with Crippen molar-refractivity contribution in [3.63, 3.8) is 0 Å². The van der Waals surface area contributed by atoms with E-state index in [0.29, 0.717) is 28.5 Å². The first kappa shape index (κ1) is 21.8. The molecule has 0 bridgehead atoms. The van der Waals surface area contributed by atoms with Gasteiger partial charge in [0.25, 0.3) is 0 Å². The van der Waals surface area contributed by atoms with E-state index in [4.69, 9.17) is 0 Å². The summed E-state index contributed by atoms with van der Waals surface area (Å²) in [6, 6.07) is 5.40. The zero-order valence-electron chi connectivity index (χ0n) is 17.9. The monoisotopic (exact) mass is 435 g/mol. The van der Waals surface area contributed by atoms with Crippen LogP contribution in [0, 0.1) is 17.3 Å². The number of amides is 1. The highest BCUT2D eigenvalue weighted by atomic mass is 32.2. The van der Waals surface area contributed by atoms with Crippen LogP contribution in [0.4, 0.5) is 5.69 Å². The highest BCUT2D eigenvalue weighted by Gasteiger charge is 2.55. The van der Waals surface area contributed by atoms with Crippen molar-refractivity contribution >= 4 is 21.9 Å². The molecule has 166 valence electrons. The van der Waals surface area contributed by atoms with Gasteiger partial charge in [0, 0.05) is 6.42 Å². The molecular weight excluding hydrogens is 402 g/mol. The molecule has 0 spiro atoms. The third kappa shape index (κ3) is 3.39. The maximum Gasteiger partial charge on any atom is 0.366 e. The van der Waals surface area contributed by atoms with E-state index in [1.807, 2.05) is 6.07 Å². The van der Waals surface area contributed by atoms with Crippen LogP contribution in [0.5, 0.6) is 0 Å². The molecule has 7 heteroatoms. The summed E-state index contributed by atoms with van der Waals surface area (Å²) in [6.45, 7) is 4.01. The molecule has 6 nitrogen and oxygen atoms in total. The van der Waals surface area contributed by atoms with Gasteiger partial charge in [-0.1, -0.05) is 19.9 Å². The summed E-state index contributed by atoms with van der Waals surface area (Å²) in [5, 5.41) is 10.7. The first-order valence-electron chi connectivity index (χ1n) is 11.3. The fraction of sp³-hybridized carbons (Fsp3) is 0.696. The molecule has 0 radical (unpaired) electrons. The summed E-state index contributed by atoms with van der Waals surface area (Å²) in [5.41, 5.74) is 2.61. The lowest BCUT2D eigenvalue weighted by Gasteiger charge is -2.51. The van der Waals surface area contributed by atoms with E-state index in [9.17, 15) is 22.9 Å². The molecule has 0 aliphatic heterocycles. The molecule has 2 saturated carbocycles. The second kappa shape index (κ2) is 7.92. The molecule has 1 aromatic carbocycles. The minimum Gasteiger partial charge on any atom is -0.393 e. The molecule has 0 saturated heterocycles. The second-order valence-corrected chi connectivity index (χ2v) is 10.7. The number of nitrogens with zero attached hydrogens (tertiary/aromatic N) is 1. The van der Waals surface area contributed by atoms with Gasteiger partial charge < -0.3 is 5.11 Å². The molecule has 3 aliphatic carbocycles. The molecule has 0 aromatic heterocycles. The number of fused-ring (bicyclic) bond motifs is 5. The normalized spacial score (nSPS) is 32.8. The summed E-state index contributed by atoms with van der Waals surface area (Å²) < 4.78 is 34.0.